The number of carboxylic acids is 1. The minimum absolute atomic E-state index is 0.102. The molecule has 0 amide bonds. The van der Waals surface area contributed by atoms with Crippen LogP contribution in [0.4, 0.5) is 4.39 Å². The highest BCUT2D eigenvalue weighted by atomic mass is 35.5. The third-order valence-corrected chi connectivity index (χ3v) is 5.20. The summed E-state index contributed by atoms with van der Waals surface area (Å²) in [6, 6.07) is 3.08. The first-order valence-corrected chi connectivity index (χ1v) is 7.83. The highest BCUT2D eigenvalue weighted by Crippen LogP contribution is 2.33. The van der Waals surface area contributed by atoms with E-state index in [2.05, 4.69) is 0 Å². The molecule has 8 heteroatoms. The fourth-order valence-corrected chi connectivity index (χ4v) is 3.77. The van der Waals surface area contributed by atoms with E-state index in [1.54, 1.807) is 0 Å². The number of carboxylic acid groups (broad SMARTS) is 1. The molecule has 1 aromatic rings. The van der Waals surface area contributed by atoms with Crippen LogP contribution in [0.5, 0.6) is 0 Å². The Morgan fingerprint density at radius 2 is 2.10 bits per heavy atom. The highest BCUT2D eigenvalue weighted by Gasteiger charge is 2.39. The van der Waals surface area contributed by atoms with E-state index in [-0.39, 0.29) is 24.0 Å². The van der Waals surface area contributed by atoms with Gasteiger partial charge in [-0.2, -0.15) is 4.31 Å². The van der Waals surface area contributed by atoms with Gasteiger partial charge in [-0.3, -0.25) is 4.79 Å². The molecule has 1 aliphatic rings. The number of aliphatic carboxylic acids is 1. The van der Waals surface area contributed by atoms with Gasteiger partial charge in [-0.1, -0.05) is 11.6 Å². The number of halogens is 2. The van der Waals surface area contributed by atoms with Gasteiger partial charge < -0.3 is 5.11 Å². The predicted octanol–water partition coefficient (Wildman–Crippen LogP) is 2.11. The molecule has 20 heavy (non-hydrogen) atoms. The predicted molar refractivity (Wildman–Crippen MR) is 70.6 cm³/mol. The molecule has 1 aliphatic carbocycles. The van der Waals surface area contributed by atoms with Crippen LogP contribution in [-0.4, -0.2) is 36.4 Å². The summed E-state index contributed by atoms with van der Waals surface area (Å²) in [7, 11) is -4.04. The van der Waals surface area contributed by atoms with Gasteiger partial charge in [0, 0.05) is 17.6 Å². The van der Waals surface area contributed by atoms with Gasteiger partial charge in [0.05, 0.1) is 6.42 Å². The molecule has 0 aromatic heterocycles. The van der Waals surface area contributed by atoms with Crippen LogP contribution in [0.15, 0.2) is 23.1 Å². The van der Waals surface area contributed by atoms with Gasteiger partial charge in [-0.15, -0.1) is 0 Å². The summed E-state index contributed by atoms with van der Waals surface area (Å²) < 4.78 is 39.7. The lowest BCUT2D eigenvalue weighted by Crippen LogP contribution is -2.35. The van der Waals surface area contributed by atoms with Crippen LogP contribution >= 0.6 is 11.6 Å². The third kappa shape index (κ3) is 3.28. The number of hydrogen-bond acceptors (Lipinski definition) is 3. The zero-order chi connectivity index (χ0) is 14.9. The van der Waals surface area contributed by atoms with Crippen LogP contribution in [0.25, 0.3) is 0 Å². The minimum Gasteiger partial charge on any atom is -0.481 e. The normalized spacial score (nSPS) is 15.6. The highest BCUT2D eigenvalue weighted by molar-refractivity contribution is 7.89. The van der Waals surface area contributed by atoms with Crippen LogP contribution in [0.3, 0.4) is 0 Å². The quantitative estimate of drug-likeness (QED) is 0.870. The molecule has 0 spiro atoms. The Labute approximate surface area is 121 Å². The third-order valence-electron chi connectivity index (χ3n) is 2.98. The maximum absolute atomic E-state index is 13.8. The van der Waals surface area contributed by atoms with Gasteiger partial charge in [0.15, 0.2) is 0 Å². The molecule has 1 N–H and O–H groups in total. The molecule has 110 valence electrons. The molecule has 0 aliphatic heterocycles. The number of carbonyl (C=O) groups is 1. The second-order valence-electron chi connectivity index (χ2n) is 4.57. The van der Waals surface area contributed by atoms with Crippen molar-refractivity contribution in [2.45, 2.75) is 30.2 Å². The lowest BCUT2D eigenvalue weighted by Gasteiger charge is -2.21. The lowest BCUT2D eigenvalue weighted by molar-refractivity contribution is -0.137. The molecule has 0 saturated heterocycles. The van der Waals surface area contributed by atoms with Crippen molar-refractivity contribution in [2.24, 2.45) is 0 Å². The van der Waals surface area contributed by atoms with E-state index < -0.39 is 26.7 Å². The maximum atomic E-state index is 13.8. The molecule has 2 rings (SSSR count). The molecule has 0 bridgehead atoms. The van der Waals surface area contributed by atoms with Crippen molar-refractivity contribution in [3.05, 3.63) is 29.0 Å². The maximum Gasteiger partial charge on any atom is 0.304 e. The molecule has 0 atom stereocenters. The SMILES string of the molecule is O=C(O)CCN(C1CC1)S(=O)(=O)c1ccc(Cl)cc1F. The molecule has 0 unspecified atom stereocenters. The second-order valence-corrected chi connectivity index (χ2v) is 6.86. The summed E-state index contributed by atoms with van der Waals surface area (Å²) in [6.07, 6.45) is 1.01. The van der Waals surface area contributed by atoms with Gasteiger partial charge in [0.1, 0.15) is 10.7 Å². The average molecular weight is 322 g/mol. The zero-order valence-corrected chi connectivity index (χ0v) is 12.0. The summed E-state index contributed by atoms with van der Waals surface area (Å²) in [5.41, 5.74) is 0. The molecular formula is C12H13ClFNO4S. The largest absolute Gasteiger partial charge is 0.481 e. The van der Waals surface area contributed by atoms with E-state index in [1.165, 1.54) is 6.07 Å². The molecule has 1 saturated carbocycles. The van der Waals surface area contributed by atoms with Crippen molar-refractivity contribution in [3.8, 4) is 0 Å². The van der Waals surface area contributed by atoms with Gasteiger partial charge >= 0.3 is 5.97 Å². The molecule has 1 aromatic carbocycles. The van der Waals surface area contributed by atoms with E-state index in [4.69, 9.17) is 16.7 Å². The van der Waals surface area contributed by atoms with Gasteiger partial charge in [-0.05, 0) is 31.0 Å². The second kappa shape index (κ2) is 5.67. The summed E-state index contributed by atoms with van der Waals surface area (Å²) >= 11 is 5.60. The van der Waals surface area contributed by atoms with Crippen LogP contribution in [-0.2, 0) is 14.8 Å². The smallest absolute Gasteiger partial charge is 0.304 e. The number of hydrogen-bond donors (Lipinski definition) is 1. The van der Waals surface area contributed by atoms with Crippen LogP contribution in [0, 0.1) is 5.82 Å². The molecule has 0 radical (unpaired) electrons. The molecular weight excluding hydrogens is 309 g/mol. The number of benzene rings is 1. The van der Waals surface area contributed by atoms with Crippen molar-refractivity contribution in [2.75, 3.05) is 6.54 Å². The van der Waals surface area contributed by atoms with Crippen molar-refractivity contribution in [1.29, 1.82) is 0 Å². The van der Waals surface area contributed by atoms with Gasteiger partial charge in [0.25, 0.3) is 0 Å². The van der Waals surface area contributed by atoms with Gasteiger partial charge in [0.2, 0.25) is 10.0 Å². The standard InChI is InChI=1S/C12H13ClFNO4S/c13-8-1-4-11(10(14)7-8)20(18,19)15(9-2-3-9)6-5-12(16)17/h1,4,7,9H,2-3,5-6H2,(H,16,17). The van der Waals surface area contributed by atoms with E-state index >= 15 is 0 Å². The first-order valence-electron chi connectivity index (χ1n) is 6.01. The molecule has 0 heterocycles. The van der Waals surface area contributed by atoms with E-state index in [0.717, 1.165) is 16.4 Å². The van der Waals surface area contributed by atoms with Crippen molar-refractivity contribution >= 4 is 27.6 Å². The van der Waals surface area contributed by atoms with E-state index in [0.29, 0.717) is 12.8 Å². The Morgan fingerprint density at radius 1 is 1.45 bits per heavy atom. The van der Waals surface area contributed by atoms with Crippen molar-refractivity contribution in [1.82, 2.24) is 4.31 Å². The Balaban J connectivity index is 2.32. The van der Waals surface area contributed by atoms with Crippen LogP contribution < -0.4 is 0 Å². The monoisotopic (exact) mass is 321 g/mol. The average Bonchev–Trinajstić information content (AvgIpc) is 3.12. The fourth-order valence-electron chi connectivity index (χ4n) is 1.88. The Bertz CT molecular complexity index is 630. The Morgan fingerprint density at radius 3 is 2.60 bits per heavy atom. The van der Waals surface area contributed by atoms with Crippen molar-refractivity contribution in [3.63, 3.8) is 0 Å². The topological polar surface area (TPSA) is 74.7 Å². The summed E-state index contributed by atoms with van der Waals surface area (Å²) in [5.74, 6) is -2.03. The molecule has 1 fully saturated rings. The first-order chi connectivity index (χ1) is 9.32. The fraction of sp³-hybridized carbons (Fsp3) is 0.417. The first kappa shape index (κ1) is 15.2. The van der Waals surface area contributed by atoms with Crippen LogP contribution in [0.1, 0.15) is 19.3 Å². The summed E-state index contributed by atoms with van der Waals surface area (Å²) in [6.45, 7) is -0.162. The van der Waals surface area contributed by atoms with Crippen molar-refractivity contribution < 1.29 is 22.7 Å². The summed E-state index contributed by atoms with van der Waals surface area (Å²) in [4.78, 5) is 10.1. The number of sulfonamides is 1. The van der Waals surface area contributed by atoms with E-state index in [1.807, 2.05) is 0 Å². The van der Waals surface area contributed by atoms with Crippen LogP contribution in [0.2, 0.25) is 5.02 Å². The Hall–Kier alpha value is -1.18. The number of rotatable bonds is 6. The number of nitrogens with zero attached hydrogens (tertiary/aromatic N) is 1. The summed E-state index contributed by atoms with van der Waals surface area (Å²) in [5, 5.41) is 8.78. The molecule has 5 nitrogen and oxygen atoms in total. The zero-order valence-electron chi connectivity index (χ0n) is 10.4. The van der Waals surface area contributed by atoms with Gasteiger partial charge in [-0.25, -0.2) is 12.8 Å². The lowest BCUT2D eigenvalue weighted by atomic mass is 10.3. The Kier molecular flexibility index (Phi) is 4.31. The van der Waals surface area contributed by atoms with E-state index in [9.17, 15) is 17.6 Å². The minimum atomic E-state index is -4.04.